The van der Waals surface area contributed by atoms with Crippen molar-refractivity contribution >= 4 is 5.69 Å². The van der Waals surface area contributed by atoms with E-state index in [-0.39, 0.29) is 0 Å². The predicted molar refractivity (Wildman–Crippen MR) is 73.3 cm³/mol. The van der Waals surface area contributed by atoms with Gasteiger partial charge < -0.3 is 10.6 Å². The molecule has 2 N–H and O–H groups in total. The fourth-order valence-corrected chi connectivity index (χ4v) is 2.80. The summed E-state index contributed by atoms with van der Waals surface area (Å²) in [4.78, 5) is 4.69. The molecule has 0 fully saturated rings. The van der Waals surface area contributed by atoms with E-state index in [0.29, 0.717) is 12.6 Å². The minimum absolute atomic E-state index is 0.407. The summed E-state index contributed by atoms with van der Waals surface area (Å²) in [5.74, 6) is 0. The number of rotatable bonds is 4. The topological polar surface area (TPSA) is 32.5 Å². The minimum Gasteiger partial charge on any atom is -0.377 e. The molecule has 1 aromatic rings. The highest BCUT2D eigenvalue weighted by Gasteiger charge is 2.30. The van der Waals surface area contributed by atoms with Gasteiger partial charge >= 0.3 is 0 Å². The first-order valence-corrected chi connectivity index (χ1v) is 6.42. The molecule has 3 heteroatoms. The first kappa shape index (κ1) is 12.4. The summed E-state index contributed by atoms with van der Waals surface area (Å²) < 4.78 is 0. The Kier molecular flexibility index (Phi) is 3.69. The molecule has 0 amide bonds. The van der Waals surface area contributed by atoms with E-state index in [1.807, 2.05) is 0 Å². The lowest BCUT2D eigenvalue weighted by Gasteiger charge is -2.22. The molecule has 17 heavy (non-hydrogen) atoms. The van der Waals surface area contributed by atoms with Crippen LogP contribution in [0.4, 0.5) is 5.69 Å². The third-order valence-electron chi connectivity index (χ3n) is 3.56. The van der Waals surface area contributed by atoms with Crippen molar-refractivity contribution in [2.45, 2.75) is 25.9 Å². The minimum atomic E-state index is 0.407. The zero-order valence-corrected chi connectivity index (χ0v) is 11.1. The third kappa shape index (κ3) is 2.17. The zero-order valence-electron chi connectivity index (χ0n) is 11.1. The normalized spacial score (nSPS) is 19.4. The standard InChI is InChI=1S/C14H23N3/c1-4-8-17-10-12-11(14(17)9-15)6-5-7-13(12)16(2)3/h5-7,14H,4,8-10,15H2,1-3H3. The molecular formula is C14H23N3. The molecule has 0 spiro atoms. The van der Waals surface area contributed by atoms with Gasteiger partial charge in [-0.3, -0.25) is 4.90 Å². The Labute approximate surface area is 104 Å². The maximum absolute atomic E-state index is 5.94. The molecule has 1 aliphatic rings. The fraction of sp³-hybridized carbons (Fsp3) is 0.571. The molecule has 1 unspecified atom stereocenters. The molecule has 94 valence electrons. The molecule has 0 saturated carbocycles. The van der Waals surface area contributed by atoms with Gasteiger partial charge in [0.2, 0.25) is 0 Å². The number of benzene rings is 1. The van der Waals surface area contributed by atoms with Gasteiger partial charge in [-0.25, -0.2) is 0 Å². The van der Waals surface area contributed by atoms with Crippen molar-refractivity contribution < 1.29 is 0 Å². The van der Waals surface area contributed by atoms with Gasteiger partial charge in [-0.2, -0.15) is 0 Å². The Balaban J connectivity index is 2.37. The van der Waals surface area contributed by atoms with Crippen LogP contribution < -0.4 is 10.6 Å². The molecule has 0 saturated heterocycles. The largest absolute Gasteiger partial charge is 0.377 e. The van der Waals surface area contributed by atoms with Crippen LogP contribution in [0.3, 0.4) is 0 Å². The van der Waals surface area contributed by atoms with Gasteiger partial charge in [0.15, 0.2) is 0 Å². The highest BCUT2D eigenvalue weighted by molar-refractivity contribution is 5.58. The smallest absolute Gasteiger partial charge is 0.0478 e. The summed E-state index contributed by atoms with van der Waals surface area (Å²) in [6, 6.07) is 6.98. The van der Waals surface area contributed by atoms with E-state index in [1.165, 1.54) is 23.2 Å². The van der Waals surface area contributed by atoms with Crippen molar-refractivity contribution in [2.24, 2.45) is 5.73 Å². The van der Waals surface area contributed by atoms with E-state index in [9.17, 15) is 0 Å². The van der Waals surface area contributed by atoms with E-state index in [4.69, 9.17) is 5.73 Å². The van der Waals surface area contributed by atoms with Crippen LogP contribution in [0.25, 0.3) is 0 Å². The van der Waals surface area contributed by atoms with Crippen LogP contribution in [0, 0.1) is 0 Å². The van der Waals surface area contributed by atoms with Gasteiger partial charge in [0.05, 0.1) is 0 Å². The lowest BCUT2D eigenvalue weighted by atomic mass is 10.0. The van der Waals surface area contributed by atoms with Crippen molar-refractivity contribution in [3.05, 3.63) is 29.3 Å². The molecule has 0 aliphatic carbocycles. The molecule has 0 bridgehead atoms. The number of anilines is 1. The van der Waals surface area contributed by atoms with E-state index >= 15 is 0 Å². The van der Waals surface area contributed by atoms with E-state index in [0.717, 1.165) is 13.1 Å². The number of fused-ring (bicyclic) bond motifs is 1. The van der Waals surface area contributed by atoms with E-state index in [2.05, 4.69) is 49.0 Å². The van der Waals surface area contributed by atoms with Gasteiger partial charge in [-0.1, -0.05) is 19.1 Å². The highest BCUT2D eigenvalue weighted by atomic mass is 15.2. The number of nitrogens with zero attached hydrogens (tertiary/aromatic N) is 2. The lowest BCUT2D eigenvalue weighted by Crippen LogP contribution is -2.28. The van der Waals surface area contributed by atoms with Crippen LogP contribution in [0.15, 0.2) is 18.2 Å². The van der Waals surface area contributed by atoms with Crippen LogP contribution in [0.1, 0.15) is 30.5 Å². The molecule has 1 heterocycles. The Morgan fingerprint density at radius 1 is 1.41 bits per heavy atom. The van der Waals surface area contributed by atoms with E-state index < -0.39 is 0 Å². The second-order valence-electron chi connectivity index (χ2n) is 4.96. The van der Waals surface area contributed by atoms with Gasteiger partial charge in [-0.15, -0.1) is 0 Å². The van der Waals surface area contributed by atoms with Crippen molar-refractivity contribution in [3.8, 4) is 0 Å². The maximum Gasteiger partial charge on any atom is 0.0478 e. The Morgan fingerprint density at radius 2 is 2.18 bits per heavy atom. The lowest BCUT2D eigenvalue weighted by molar-refractivity contribution is 0.220. The summed E-state index contributed by atoms with van der Waals surface area (Å²) in [6.07, 6.45) is 1.18. The Hall–Kier alpha value is -1.06. The van der Waals surface area contributed by atoms with Gasteiger partial charge in [0, 0.05) is 38.9 Å². The molecule has 0 aromatic heterocycles. The molecule has 0 radical (unpaired) electrons. The second-order valence-corrected chi connectivity index (χ2v) is 4.96. The van der Waals surface area contributed by atoms with Gasteiger partial charge in [-0.05, 0) is 30.2 Å². The first-order chi connectivity index (χ1) is 8.19. The van der Waals surface area contributed by atoms with Crippen LogP contribution >= 0.6 is 0 Å². The van der Waals surface area contributed by atoms with Crippen molar-refractivity contribution in [1.82, 2.24) is 4.90 Å². The Bertz CT molecular complexity index is 387. The van der Waals surface area contributed by atoms with E-state index in [1.54, 1.807) is 0 Å². The van der Waals surface area contributed by atoms with Crippen LogP contribution in [0.2, 0.25) is 0 Å². The number of hydrogen-bond acceptors (Lipinski definition) is 3. The van der Waals surface area contributed by atoms with Crippen LogP contribution in [-0.2, 0) is 6.54 Å². The van der Waals surface area contributed by atoms with Crippen molar-refractivity contribution in [2.75, 3.05) is 32.1 Å². The fourth-order valence-electron chi connectivity index (χ4n) is 2.80. The monoisotopic (exact) mass is 233 g/mol. The first-order valence-electron chi connectivity index (χ1n) is 6.42. The number of hydrogen-bond donors (Lipinski definition) is 1. The molecule has 1 aromatic carbocycles. The SMILES string of the molecule is CCCN1Cc2c(cccc2N(C)C)C1CN. The maximum atomic E-state index is 5.94. The number of nitrogens with two attached hydrogens (primary N) is 1. The molecule has 3 nitrogen and oxygen atoms in total. The zero-order chi connectivity index (χ0) is 12.4. The average Bonchev–Trinajstić information content (AvgIpc) is 2.66. The van der Waals surface area contributed by atoms with Crippen molar-refractivity contribution in [3.63, 3.8) is 0 Å². The quantitative estimate of drug-likeness (QED) is 0.863. The molecule has 1 atom stereocenters. The third-order valence-corrected chi connectivity index (χ3v) is 3.56. The second kappa shape index (κ2) is 5.07. The summed E-state index contributed by atoms with van der Waals surface area (Å²) in [7, 11) is 4.21. The summed E-state index contributed by atoms with van der Waals surface area (Å²) >= 11 is 0. The summed E-state index contributed by atoms with van der Waals surface area (Å²) in [5, 5.41) is 0. The Morgan fingerprint density at radius 3 is 2.76 bits per heavy atom. The predicted octanol–water partition coefficient (Wildman–Crippen LogP) is 1.98. The van der Waals surface area contributed by atoms with Crippen LogP contribution in [-0.4, -0.2) is 32.1 Å². The highest BCUT2D eigenvalue weighted by Crippen LogP contribution is 2.37. The molecular weight excluding hydrogens is 210 g/mol. The summed E-state index contributed by atoms with van der Waals surface area (Å²) in [6.45, 7) is 5.11. The average molecular weight is 233 g/mol. The summed E-state index contributed by atoms with van der Waals surface area (Å²) in [5.41, 5.74) is 10.2. The van der Waals surface area contributed by atoms with Gasteiger partial charge in [0.1, 0.15) is 0 Å². The molecule has 2 rings (SSSR count). The van der Waals surface area contributed by atoms with Gasteiger partial charge in [0.25, 0.3) is 0 Å². The van der Waals surface area contributed by atoms with Crippen LogP contribution in [0.5, 0.6) is 0 Å². The van der Waals surface area contributed by atoms with Crippen molar-refractivity contribution in [1.29, 1.82) is 0 Å². The molecule has 1 aliphatic heterocycles.